The van der Waals surface area contributed by atoms with Gasteiger partial charge in [0.2, 0.25) is 15.9 Å². The van der Waals surface area contributed by atoms with Crippen LogP contribution in [0.5, 0.6) is 0 Å². The van der Waals surface area contributed by atoms with Crippen molar-refractivity contribution in [3.05, 3.63) is 41.6 Å². The van der Waals surface area contributed by atoms with Crippen LogP contribution in [0.4, 0.5) is 19.0 Å². The minimum atomic E-state index is -4.77. The highest BCUT2D eigenvalue weighted by Crippen LogP contribution is 2.36. The molecule has 1 aliphatic heterocycles. The van der Waals surface area contributed by atoms with Gasteiger partial charge in [-0.15, -0.1) is 0 Å². The molecule has 0 spiro atoms. The third-order valence-electron chi connectivity index (χ3n) is 4.59. The van der Waals surface area contributed by atoms with Gasteiger partial charge in [0, 0.05) is 30.8 Å². The molecule has 2 N–H and O–H groups in total. The number of nitrogens with one attached hydrogen (secondary N) is 2. The first-order valence-electron chi connectivity index (χ1n) is 8.58. The first-order valence-corrected chi connectivity index (χ1v) is 10.0. The number of carbonyl (C=O) groups excluding carboxylic acids is 1. The molecule has 0 bridgehead atoms. The molecule has 0 unspecified atom stereocenters. The van der Waals surface area contributed by atoms with Crippen LogP contribution in [-0.4, -0.2) is 41.9 Å². The van der Waals surface area contributed by atoms with Crippen LogP contribution in [0.15, 0.2) is 35.2 Å². The molecular formula is C17H19F3N4O3S. The molecule has 0 saturated carbocycles. The maximum absolute atomic E-state index is 13.2. The molecule has 2 heterocycles. The second-order valence-corrected chi connectivity index (χ2v) is 8.50. The van der Waals surface area contributed by atoms with E-state index in [0.29, 0.717) is 5.82 Å². The number of H-pyrrole nitrogens is 1. The maximum Gasteiger partial charge on any atom is 0.417 e. The van der Waals surface area contributed by atoms with E-state index >= 15 is 0 Å². The zero-order valence-corrected chi connectivity index (χ0v) is 15.8. The number of amides is 1. The fourth-order valence-electron chi connectivity index (χ4n) is 3.13. The van der Waals surface area contributed by atoms with E-state index in [0.717, 1.165) is 28.2 Å². The minimum absolute atomic E-state index is 0.0355. The predicted molar refractivity (Wildman–Crippen MR) is 94.9 cm³/mol. The van der Waals surface area contributed by atoms with Gasteiger partial charge in [0.15, 0.2) is 5.82 Å². The Bertz CT molecular complexity index is 964. The van der Waals surface area contributed by atoms with Gasteiger partial charge in [-0.05, 0) is 31.9 Å². The Hall–Kier alpha value is -2.40. The number of nitrogens with zero attached hydrogens (tertiary/aromatic N) is 2. The van der Waals surface area contributed by atoms with Crippen LogP contribution >= 0.6 is 0 Å². The number of anilines is 1. The van der Waals surface area contributed by atoms with Crippen molar-refractivity contribution in [2.24, 2.45) is 5.92 Å². The summed E-state index contributed by atoms with van der Waals surface area (Å²) in [4.78, 5) is 11.5. The maximum atomic E-state index is 13.2. The summed E-state index contributed by atoms with van der Waals surface area (Å²) in [5.74, 6) is -0.364. The molecule has 152 valence electrons. The Morgan fingerprint density at radius 3 is 2.46 bits per heavy atom. The van der Waals surface area contributed by atoms with Crippen molar-refractivity contribution >= 4 is 21.7 Å². The molecule has 1 aliphatic rings. The lowest BCUT2D eigenvalue weighted by molar-refractivity contribution is -0.139. The molecule has 1 amide bonds. The second-order valence-electron chi connectivity index (χ2n) is 6.60. The first kappa shape index (κ1) is 20.3. The molecule has 7 nitrogen and oxygen atoms in total. The number of carbonyl (C=O) groups is 1. The van der Waals surface area contributed by atoms with E-state index in [1.807, 2.05) is 0 Å². The topological polar surface area (TPSA) is 95.2 Å². The number of halogens is 3. The van der Waals surface area contributed by atoms with Crippen LogP contribution in [0.1, 0.15) is 24.1 Å². The Balaban J connectivity index is 1.70. The van der Waals surface area contributed by atoms with Crippen molar-refractivity contribution < 1.29 is 26.4 Å². The van der Waals surface area contributed by atoms with Gasteiger partial charge >= 0.3 is 6.18 Å². The highest BCUT2D eigenvalue weighted by Gasteiger charge is 2.40. The number of aryl methyl sites for hydroxylation is 1. The van der Waals surface area contributed by atoms with Crippen molar-refractivity contribution in [3.8, 4) is 0 Å². The Morgan fingerprint density at radius 1 is 1.25 bits per heavy atom. The summed E-state index contributed by atoms with van der Waals surface area (Å²) in [6.45, 7) is 1.71. The average Bonchev–Trinajstić information content (AvgIpc) is 3.06. The van der Waals surface area contributed by atoms with E-state index in [4.69, 9.17) is 0 Å². The fraction of sp³-hybridized carbons (Fsp3) is 0.412. The minimum Gasteiger partial charge on any atom is -0.309 e. The first-order chi connectivity index (χ1) is 13.1. The van der Waals surface area contributed by atoms with Crippen LogP contribution in [0.25, 0.3) is 0 Å². The summed E-state index contributed by atoms with van der Waals surface area (Å²) in [6.07, 6.45) is -4.35. The standard InChI is InChI=1S/C17H19F3N4O3S/c1-11-10-15(23-22-11)21-16(25)12-6-8-24(9-7-12)28(26,27)14-5-3-2-4-13(14)17(18,19)20/h2-5,10,12H,6-9H2,1H3,(H2,21,22,23,25). The van der Waals surface area contributed by atoms with E-state index in [1.54, 1.807) is 13.0 Å². The summed E-state index contributed by atoms with van der Waals surface area (Å²) in [7, 11) is -4.32. The molecule has 2 aromatic rings. The van der Waals surface area contributed by atoms with Crippen molar-refractivity contribution in [2.75, 3.05) is 18.4 Å². The summed E-state index contributed by atoms with van der Waals surface area (Å²) in [5.41, 5.74) is -0.414. The Kier molecular flexibility index (Phi) is 5.48. The van der Waals surface area contributed by atoms with Crippen LogP contribution in [0, 0.1) is 12.8 Å². The molecule has 1 fully saturated rings. The van der Waals surface area contributed by atoms with E-state index < -0.39 is 32.6 Å². The molecule has 11 heteroatoms. The van der Waals surface area contributed by atoms with Crippen molar-refractivity contribution in [1.82, 2.24) is 14.5 Å². The number of sulfonamides is 1. The van der Waals surface area contributed by atoms with Gasteiger partial charge in [0.05, 0.1) is 10.5 Å². The van der Waals surface area contributed by atoms with E-state index in [9.17, 15) is 26.4 Å². The molecule has 0 radical (unpaired) electrons. The molecule has 3 rings (SSSR count). The number of rotatable bonds is 4. The fourth-order valence-corrected chi connectivity index (χ4v) is 4.82. The van der Waals surface area contributed by atoms with Crippen molar-refractivity contribution in [2.45, 2.75) is 30.8 Å². The largest absolute Gasteiger partial charge is 0.417 e. The molecule has 1 aromatic carbocycles. The Labute approximate surface area is 160 Å². The van der Waals surface area contributed by atoms with Gasteiger partial charge in [-0.2, -0.15) is 22.6 Å². The summed E-state index contributed by atoms with van der Waals surface area (Å²) in [5, 5.41) is 9.25. The summed E-state index contributed by atoms with van der Waals surface area (Å²) in [6, 6.07) is 5.77. The highest BCUT2D eigenvalue weighted by atomic mass is 32.2. The van der Waals surface area contributed by atoms with Crippen LogP contribution < -0.4 is 5.32 Å². The molecule has 28 heavy (non-hydrogen) atoms. The van der Waals surface area contributed by atoms with Gasteiger partial charge in [0.25, 0.3) is 0 Å². The van der Waals surface area contributed by atoms with Gasteiger partial charge in [0.1, 0.15) is 0 Å². The average molecular weight is 416 g/mol. The van der Waals surface area contributed by atoms with Crippen LogP contribution in [-0.2, 0) is 21.0 Å². The lowest BCUT2D eigenvalue weighted by Crippen LogP contribution is -2.41. The number of hydrogen-bond donors (Lipinski definition) is 2. The second kappa shape index (κ2) is 7.55. The van der Waals surface area contributed by atoms with Crippen LogP contribution in [0.2, 0.25) is 0 Å². The molecule has 1 aromatic heterocycles. The van der Waals surface area contributed by atoms with E-state index in [-0.39, 0.29) is 31.8 Å². The van der Waals surface area contributed by atoms with Crippen LogP contribution in [0.3, 0.4) is 0 Å². The van der Waals surface area contributed by atoms with Gasteiger partial charge in [-0.25, -0.2) is 8.42 Å². The normalized spacial score (nSPS) is 16.9. The summed E-state index contributed by atoms with van der Waals surface area (Å²) < 4.78 is 66.0. The quantitative estimate of drug-likeness (QED) is 0.801. The monoisotopic (exact) mass is 416 g/mol. The summed E-state index contributed by atoms with van der Waals surface area (Å²) >= 11 is 0. The number of hydrogen-bond acceptors (Lipinski definition) is 4. The molecule has 0 aliphatic carbocycles. The number of benzene rings is 1. The molecular weight excluding hydrogens is 397 g/mol. The van der Waals surface area contributed by atoms with E-state index in [1.165, 1.54) is 6.07 Å². The molecule has 0 atom stereocenters. The highest BCUT2D eigenvalue weighted by molar-refractivity contribution is 7.89. The zero-order valence-electron chi connectivity index (χ0n) is 15.0. The number of piperidine rings is 1. The number of alkyl halides is 3. The SMILES string of the molecule is Cc1cc(NC(=O)C2CCN(S(=O)(=O)c3ccccc3C(F)(F)F)CC2)n[nH]1. The number of aromatic nitrogens is 2. The van der Waals surface area contributed by atoms with Crippen molar-refractivity contribution in [3.63, 3.8) is 0 Å². The lowest BCUT2D eigenvalue weighted by atomic mass is 9.97. The lowest BCUT2D eigenvalue weighted by Gasteiger charge is -2.31. The molecule has 1 saturated heterocycles. The third-order valence-corrected chi connectivity index (χ3v) is 6.55. The van der Waals surface area contributed by atoms with Crippen molar-refractivity contribution in [1.29, 1.82) is 0 Å². The van der Waals surface area contributed by atoms with Gasteiger partial charge < -0.3 is 5.32 Å². The van der Waals surface area contributed by atoms with Gasteiger partial charge in [-0.1, -0.05) is 12.1 Å². The number of aromatic amines is 1. The van der Waals surface area contributed by atoms with E-state index in [2.05, 4.69) is 15.5 Å². The Morgan fingerprint density at radius 2 is 1.89 bits per heavy atom. The smallest absolute Gasteiger partial charge is 0.309 e. The third kappa shape index (κ3) is 4.20. The van der Waals surface area contributed by atoms with Gasteiger partial charge in [-0.3, -0.25) is 9.89 Å². The zero-order chi connectivity index (χ0) is 20.5. The predicted octanol–water partition coefficient (Wildman–Crippen LogP) is 2.78.